The van der Waals surface area contributed by atoms with Gasteiger partial charge in [0, 0.05) is 17.0 Å². The highest BCUT2D eigenvalue weighted by molar-refractivity contribution is 7.99. The SMILES string of the molecule is COc1ccc2c(c1)[C@@H](N[C@@H]1C[C@H]3CC[C@H]1O3)CCCS2. The van der Waals surface area contributed by atoms with Crippen molar-refractivity contribution in [3.63, 3.8) is 0 Å². The van der Waals surface area contributed by atoms with Gasteiger partial charge in [0.15, 0.2) is 0 Å². The smallest absolute Gasteiger partial charge is 0.119 e. The van der Waals surface area contributed by atoms with Crippen molar-refractivity contribution in [2.45, 2.75) is 61.3 Å². The molecular weight excluding hydrogens is 282 g/mol. The third-order valence-electron chi connectivity index (χ3n) is 5.01. The van der Waals surface area contributed by atoms with Crippen LogP contribution in [-0.4, -0.2) is 31.1 Å². The fourth-order valence-electron chi connectivity index (χ4n) is 3.93. The second kappa shape index (κ2) is 5.82. The largest absolute Gasteiger partial charge is 0.497 e. The molecule has 0 amide bonds. The third kappa shape index (κ3) is 2.69. The number of fused-ring (bicyclic) bond motifs is 3. The summed E-state index contributed by atoms with van der Waals surface area (Å²) in [6.45, 7) is 0. The zero-order valence-electron chi connectivity index (χ0n) is 12.5. The van der Waals surface area contributed by atoms with Crippen LogP contribution in [0.1, 0.15) is 43.7 Å². The summed E-state index contributed by atoms with van der Waals surface area (Å²) in [4.78, 5) is 1.41. The Morgan fingerprint density at radius 3 is 3.00 bits per heavy atom. The zero-order chi connectivity index (χ0) is 14.2. The van der Waals surface area contributed by atoms with Gasteiger partial charge in [0.05, 0.1) is 19.3 Å². The molecule has 3 heterocycles. The van der Waals surface area contributed by atoms with Gasteiger partial charge in [-0.15, -0.1) is 11.8 Å². The molecule has 0 unspecified atom stereocenters. The Bertz CT molecular complexity index is 522. The molecular formula is C17H23NO2S. The maximum Gasteiger partial charge on any atom is 0.119 e. The molecule has 4 heteroatoms. The molecule has 0 saturated carbocycles. The topological polar surface area (TPSA) is 30.5 Å². The summed E-state index contributed by atoms with van der Waals surface area (Å²) in [5.41, 5.74) is 1.42. The van der Waals surface area contributed by atoms with Gasteiger partial charge in [-0.25, -0.2) is 0 Å². The first-order chi connectivity index (χ1) is 10.3. The van der Waals surface area contributed by atoms with Crippen LogP contribution in [0.5, 0.6) is 5.75 Å². The monoisotopic (exact) mass is 305 g/mol. The second-order valence-electron chi connectivity index (χ2n) is 6.33. The van der Waals surface area contributed by atoms with Crippen molar-refractivity contribution >= 4 is 11.8 Å². The molecule has 1 N–H and O–H groups in total. The van der Waals surface area contributed by atoms with Crippen LogP contribution >= 0.6 is 11.8 Å². The summed E-state index contributed by atoms with van der Waals surface area (Å²) in [6, 6.07) is 7.50. The van der Waals surface area contributed by atoms with E-state index in [4.69, 9.17) is 9.47 Å². The lowest BCUT2D eigenvalue weighted by atomic mass is 9.93. The van der Waals surface area contributed by atoms with Gasteiger partial charge in [-0.1, -0.05) is 0 Å². The minimum Gasteiger partial charge on any atom is -0.497 e. The molecule has 3 aliphatic heterocycles. The summed E-state index contributed by atoms with van der Waals surface area (Å²) in [5, 5.41) is 3.90. The highest BCUT2D eigenvalue weighted by Crippen LogP contribution is 2.40. The lowest BCUT2D eigenvalue weighted by Crippen LogP contribution is -2.39. The Morgan fingerprint density at radius 2 is 2.24 bits per heavy atom. The van der Waals surface area contributed by atoms with Crippen molar-refractivity contribution in [1.82, 2.24) is 5.32 Å². The Balaban J connectivity index is 1.57. The van der Waals surface area contributed by atoms with Gasteiger partial charge in [-0.3, -0.25) is 0 Å². The molecule has 2 bridgehead atoms. The highest BCUT2D eigenvalue weighted by Gasteiger charge is 2.41. The predicted octanol–water partition coefficient (Wildman–Crippen LogP) is 3.53. The molecule has 4 atom stereocenters. The first-order valence-corrected chi connectivity index (χ1v) is 9.04. The quantitative estimate of drug-likeness (QED) is 0.925. The third-order valence-corrected chi connectivity index (χ3v) is 6.18. The Labute approximate surface area is 130 Å². The van der Waals surface area contributed by atoms with Crippen LogP contribution in [0, 0.1) is 0 Å². The molecule has 4 rings (SSSR count). The Hall–Kier alpha value is -0.710. The molecule has 21 heavy (non-hydrogen) atoms. The van der Waals surface area contributed by atoms with Gasteiger partial charge >= 0.3 is 0 Å². The fraction of sp³-hybridized carbons (Fsp3) is 0.647. The van der Waals surface area contributed by atoms with Gasteiger partial charge in [0.1, 0.15) is 5.75 Å². The van der Waals surface area contributed by atoms with E-state index in [-0.39, 0.29) is 0 Å². The van der Waals surface area contributed by atoms with Crippen LogP contribution in [0.15, 0.2) is 23.1 Å². The van der Waals surface area contributed by atoms with E-state index in [0.29, 0.717) is 24.3 Å². The van der Waals surface area contributed by atoms with Crippen molar-refractivity contribution in [2.24, 2.45) is 0 Å². The molecule has 0 aromatic heterocycles. The van der Waals surface area contributed by atoms with E-state index in [1.165, 1.54) is 48.3 Å². The molecule has 3 aliphatic rings. The molecule has 0 spiro atoms. The number of thioether (sulfide) groups is 1. The summed E-state index contributed by atoms with van der Waals surface area (Å²) in [6.07, 6.45) is 7.11. The molecule has 1 aromatic carbocycles. The number of methoxy groups -OCH3 is 1. The number of ether oxygens (including phenoxy) is 2. The van der Waals surface area contributed by atoms with Crippen molar-refractivity contribution in [3.8, 4) is 5.75 Å². The summed E-state index contributed by atoms with van der Waals surface area (Å²) < 4.78 is 11.4. The first-order valence-electron chi connectivity index (χ1n) is 8.06. The highest BCUT2D eigenvalue weighted by atomic mass is 32.2. The molecule has 0 aliphatic carbocycles. The zero-order valence-corrected chi connectivity index (χ0v) is 13.3. The average Bonchev–Trinajstić information content (AvgIpc) is 3.07. The maximum absolute atomic E-state index is 6.00. The lowest BCUT2D eigenvalue weighted by molar-refractivity contribution is 0.0957. The van der Waals surface area contributed by atoms with E-state index >= 15 is 0 Å². The van der Waals surface area contributed by atoms with Crippen LogP contribution in [0.4, 0.5) is 0 Å². The van der Waals surface area contributed by atoms with Crippen LogP contribution < -0.4 is 10.1 Å². The van der Waals surface area contributed by atoms with E-state index in [1.807, 2.05) is 11.8 Å². The van der Waals surface area contributed by atoms with Gasteiger partial charge in [-0.2, -0.15) is 0 Å². The van der Waals surface area contributed by atoms with Crippen molar-refractivity contribution in [3.05, 3.63) is 23.8 Å². The first kappa shape index (κ1) is 13.9. The summed E-state index contributed by atoms with van der Waals surface area (Å²) in [7, 11) is 1.75. The van der Waals surface area contributed by atoms with Gasteiger partial charge in [-0.05, 0) is 61.6 Å². The van der Waals surface area contributed by atoms with Crippen molar-refractivity contribution in [2.75, 3.05) is 12.9 Å². The Morgan fingerprint density at radius 1 is 1.29 bits per heavy atom. The van der Waals surface area contributed by atoms with Crippen molar-refractivity contribution in [1.29, 1.82) is 0 Å². The molecule has 114 valence electrons. The minimum absolute atomic E-state index is 0.443. The minimum atomic E-state index is 0.443. The van der Waals surface area contributed by atoms with Gasteiger partial charge < -0.3 is 14.8 Å². The van der Waals surface area contributed by atoms with E-state index < -0.39 is 0 Å². The number of hydrogen-bond acceptors (Lipinski definition) is 4. The molecule has 1 aromatic rings. The van der Waals surface area contributed by atoms with E-state index in [1.54, 1.807) is 7.11 Å². The van der Waals surface area contributed by atoms with Crippen LogP contribution in [0.2, 0.25) is 0 Å². The average molecular weight is 305 g/mol. The fourth-order valence-corrected chi connectivity index (χ4v) is 4.99. The van der Waals surface area contributed by atoms with Crippen molar-refractivity contribution < 1.29 is 9.47 Å². The summed E-state index contributed by atoms with van der Waals surface area (Å²) >= 11 is 1.98. The Kier molecular flexibility index (Phi) is 3.86. The number of nitrogens with one attached hydrogen (secondary N) is 1. The van der Waals surface area contributed by atoms with E-state index in [0.717, 1.165) is 5.75 Å². The van der Waals surface area contributed by atoms with Crippen LogP contribution in [0.3, 0.4) is 0 Å². The predicted molar refractivity (Wildman–Crippen MR) is 85.1 cm³/mol. The molecule has 0 radical (unpaired) electrons. The van der Waals surface area contributed by atoms with Gasteiger partial charge in [0.25, 0.3) is 0 Å². The molecule has 2 fully saturated rings. The van der Waals surface area contributed by atoms with Gasteiger partial charge in [0.2, 0.25) is 0 Å². The van der Waals surface area contributed by atoms with Crippen LogP contribution in [-0.2, 0) is 4.74 Å². The van der Waals surface area contributed by atoms with Crippen LogP contribution in [0.25, 0.3) is 0 Å². The molecule has 2 saturated heterocycles. The normalized spacial score (nSPS) is 34.5. The maximum atomic E-state index is 6.00. The lowest BCUT2D eigenvalue weighted by Gasteiger charge is -2.27. The molecule has 3 nitrogen and oxygen atoms in total. The number of rotatable bonds is 3. The van der Waals surface area contributed by atoms with E-state index in [9.17, 15) is 0 Å². The number of benzene rings is 1. The second-order valence-corrected chi connectivity index (χ2v) is 7.47. The number of hydrogen-bond donors (Lipinski definition) is 1. The summed E-state index contributed by atoms with van der Waals surface area (Å²) in [5.74, 6) is 2.18. The standard InChI is InChI=1S/C17H23NO2S/c1-19-11-5-7-17-13(9-11)14(3-2-8-21-17)18-15-10-12-4-6-16(15)20-12/h5,7,9,12,14-16,18H,2-4,6,8,10H2,1H3/t12-,14+,15-,16-/m1/s1. The van der Waals surface area contributed by atoms with E-state index in [2.05, 4.69) is 23.5 Å².